The first-order valence-electron chi connectivity index (χ1n) is 4.86. The topological polar surface area (TPSA) is 63.3 Å². The summed E-state index contributed by atoms with van der Waals surface area (Å²) in [5.41, 5.74) is -1.87. The normalized spacial score (nSPS) is 11.6. The Balaban J connectivity index is 2.41. The van der Waals surface area contributed by atoms with Gasteiger partial charge in [0, 0.05) is 11.6 Å². The molecule has 0 unspecified atom stereocenters. The molecule has 0 aliphatic rings. The van der Waals surface area contributed by atoms with Crippen LogP contribution in [0.4, 0.5) is 17.6 Å². The van der Waals surface area contributed by atoms with Gasteiger partial charge in [-0.2, -0.15) is 13.2 Å². The van der Waals surface area contributed by atoms with E-state index in [9.17, 15) is 22.4 Å². The number of rotatable bonds is 2. The summed E-state index contributed by atoms with van der Waals surface area (Å²) in [6.07, 6.45) is -4.80. The number of aromatic nitrogens is 1. The Hall–Kier alpha value is -2.38. The first-order valence-corrected chi connectivity index (χ1v) is 4.86. The highest BCUT2D eigenvalue weighted by Crippen LogP contribution is 2.33. The molecule has 1 heterocycles. The fourth-order valence-electron chi connectivity index (χ4n) is 1.41. The highest BCUT2D eigenvalue weighted by atomic mass is 19.4. The molecule has 19 heavy (non-hydrogen) atoms. The average molecular weight is 275 g/mol. The molecule has 0 amide bonds. The number of benzene rings is 1. The Kier molecular flexibility index (Phi) is 3.01. The molecule has 0 saturated carbocycles. The third-order valence-electron chi connectivity index (χ3n) is 2.29. The van der Waals surface area contributed by atoms with E-state index in [4.69, 9.17) is 5.11 Å². The molecule has 0 radical (unpaired) electrons. The Morgan fingerprint density at radius 2 is 1.95 bits per heavy atom. The van der Waals surface area contributed by atoms with Crippen molar-refractivity contribution >= 4 is 5.97 Å². The first-order chi connectivity index (χ1) is 8.79. The van der Waals surface area contributed by atoms with Gasteiger partial charge in [-0.15, -0.1) is 0 Å². The molecule has 0 spiro atoms. The number of nitrogens with zero attached hydrogens (tertiary/aromatic N) is 1. The number of alkyl halides is 3. The Bertz CT molecular complexity index is 633. The minimum Gasteiger partial charge on any atom is -0.476 e. The minimum atomic E-state index is -4.80. The van der Waals surface area contributed by atoms with Crippen LogP contribution in [0.15, 0.2) is 28.8 Å². The van der Waals surface area contributed by atoms with Crippen molar-refractivity contribution in [1.82, 2.24) is 5.16 Å². The molecule has 8 heteroatoms. The molecule has 1 N–H and O–H groups in total. The molecule has 0 saturated heterocycles. The quantitative estimate of drug-likeness (QED) is 0.855. The molecule has 2 aromatic rings. The van der Waals surface area contributed by atoms with Crippen LogP contribution in [0.3, 0.4) is 0 Å². The van der Waals surface area contributed by atoms with Gasteiger partial charge in [0.05, 0.1) is 5.56 Å². The summed E-state index contributed by atoms with van der Waals surface area (Å²) in [6, 6.07) is 3.12. The second-order valence-electron chi connectivity index (χ2n) is 3.57. The second-order valence-corrected chi connectivity index (χ2v) is 3.57. The Labute approximate surface area is 103 Å². The zero-order chi connectivity index (χ0) is 14.2. The van der Waals surface area contributed by atoms with Gasteiger partial charge in [-0.3, -0.25) is 0 Å². The summed E-state index contributed by atoms with van der Waals surface area (Å²) >= 11 is 0. The molecular weight excluding hydrogens is 270 g/mol. The van der Waals surface area contributed by atoms with Gasteiger partial charge in [0.15, 0.2) is 11.5 Å². The number of hydrogen-bond acceptors (Lipinski definition) is 3. The number of aromatic carboxylic acids is 1. The molecule has 0 bridgehead atoms. The lowest BCUT2D eigenvalue weighted by molar-refractivity contribution is -0.139. The van der Waals surface area contributed by atoms with Gasteiger partial charge in [0.1, 0.15) is 5.82 Å². The summed E-state index contributed by atoms with van der Waals surface area (Å²) in [7, 11) is 0. The van der Waals surface area contributed by atoms with Crippen molar-refractivity contribution in [3.8, 4) is 11.3 Å². The maximum atomic E-state index is 13.3. The van der Waals surface area contributed by atoms with E-state index < -0.39 is 29.2 Å². The standard InChI is InChI=1S/C11H5F4NO3/c12-7-3-5(1-2-6(7)11(13,14)15)9-4-8(10(17)18)16-19-9/h1-4H,(H,17,18). The fourth-order valence-corrected chi connectivity index (χ4v) is 1.41. The highest BCUT2D eigenvalue weighted by Gasteiger charge is 2.34. The van der Waals surface area contributed by atoms with Crippen molar-refractivity contribution in [3.05, 3.63) is 41.3 Å². The van der Waals surface area contributed by atoms with Crippen LogP contribution in [-0.4, -0.2) is 16.2 Å². The predicted octanol–water partition coefficient (Wildman–Crippen LogP) is 3.20. The smallest absolute Gasteiger partial charge is 0.419 e. The summed E-state index contributed by atoms with van der Waals surface area (Å²) in [6.45, 7) is 0. The van der Waals surface area contributed by atoms with E-state index in [1.165, 1.54) is 0 Å². The first kappa shape index (κ1) is 13.1. The zero-order valence-electron chi connectivity index (χ0n) is 9.03. The summed E-state index contributed by atoms with van der Waals surface area (Å²) in [4.78, 5) is 10.6. The number of halogens is 4. The Morgan fingerprint density at radius 3 is 2.42 bits per heavy atom. The number of carbonyl (C=O) groups is 1. The number of carboxylic acids is 1. The van der Waals surface area contributed by atoms with Gasteiger partial charge in [-0.05, 0) is 12.1 Å². The number of hydrogen-bond donors (Lipinski definition) is 1. The molecule has 100 valence electrons. The van der Waals surface area contributed by atoms with Gasteiger partial charge >= 0.3 is 12.1 Å². The summed E-state index contributed by atoms with van der Waals surface area (Å²) in [5, 5.41) is 11.8. The van der Waals surface area contributed by atoms with E-state index in [-0.39, 0.29) is 11.3 Å². The molecule has 1 aromatic heterocycles. The molecule has 0 aliphatic heterocycles. The lowest BCUT2D eigenvalue weighted by Crippen LogP contribution is -2.07. The Morgan fingerprint density at radius 1 is 1.26 bits per heavy atom. The van der Waals surface area contributed by atoms with Gasteiger partial charge in [-0.25, -0.2) is 9.18 Å². The molecular formula is C11H5F4NO3. The van der Waals surface area contributed by atoms with Crippen molar-refractivity contribution in [2.45, 2.75) is 6.18 Å². The van der Waals surface area contributed by atoms with Crippen molar-refractivity contribution in [3.63, 3.8) is 0 Å². The molecule has 1 aromatic carbocycles. The van der Waals surface area contributed by atoms with E-state index >= 15 is 0 Å². The van der Waals surface area contributed by atoms with Gasteiger partial charge < -0.3 is 9.63 Å². The van der Waals surface area contributed by atoms with E-state index in [1.54, 1.807) is 0 Å². The highest BCUT2D eigenvalue weighted by molar-refractivity contribution is 5.86. The third kappa shape index (κ3) is 2.56. The van der Waals surface area contributed by atoms with Crippen LogP contribution in [0.5, 0.6) is 0 Å². The average Bonchev–Trinajstić information content (AvgIpc) is 2.76. The largest absolute Gasteiger partial charge is 0.476 e. The maximum Gasteiger partial charge on any atom is 0.419 e. The van der Waals surface area contributed by atoms with Crippen molar-refractivity contribution < 1.29 is 32.0 Å². The van der Waals surface area contributed by atoms with Crippen LogP contribution in [0.2, 0.25) is 0 Å². The van der Waals surface area contributed by atoms with Crippen LogP contribution in [0, 0.1) is 5.82 Å². The minimum absolute atomic E-state index is 0.0366. The zero-order valence-corrected chi connectivity index (χ0v) is 9.03. The van der Waals surface area contributed by atoms with E-state index in [1.807, 2.05) is 0 Å². The van der Waals surface area contributed by atoms with Crippen LogP contribution < -0.4 is 0 Å². The summed E-state index contributed by atoms with van der Waals surface area (Å²) < 4.78 is 54.9. The van der Waals surface area contributed by atoms with Crippen LogP contribution >= 0.6 is 0 Å². The SMILES string of the molecule is O=C(O)c1cc(-c2ccc(C(F)(F)F)c(F)c2)on1. The third-order valence-corrected chi connectivity index (χ3v) is 2.29. The van der Waals surface area contributed by atoms with Crippen LogP contribution in [-0.2, 0) is 6.18 Å². The van der Waals surface area contributed by atoms with Gasteiger partial charge in [0.25, 0.3) is 0 Å². The monoisotopic (exact) mass is 275 g/mol. The van der Waals surface area contributed by atoms with Crippen molar-refractivity contribution in [1.29, 1.82) is 0 Å². The van der Waals surface area contributed by atoms with Gasteiger partial charge in [0.2, 0.25) is 0 Å². The van der Waals surface area contributed by atoms with Crippen LogP contribution in [0.25, 0.3) is 11.3 Å². The molecule has 0 fully saturated rings. The van der Waals surface area contributed by atoms with E-state index in [2.05, 4.69) is 9.68 Å². The predicted molar refractivity (Wildman–Crippen MR) is 53.9 cm³/mol. The molecule has 2 rings (SSSR count). The maximum absolute atomic E-state index is 13.3. The fraction of sp³-hybridized carbons (Fsp3) is 0.0909. The van der Waals surface area contributed by atoms with E-state index in [0.29, 0.717) is 12.1 Å². The molecule has 0 aliphatic carbocycles. The second kappa shape index (κ2) is 4.38. The lowest BCUT2D eigenvalue weighted by atomic mass is 10.1. The number of carboxylic acid groups (broad SMARTS) is 1. The van der Waals surface area contributed by atoms with Crippen molar-refractivity contribution in [2.24, 2.45) is 0 Å². The van der Waals surface area contributed by atoms with Crippen molar-refractivity contribution in [2.75, 3.05) is 0 Å². The van der Waals surface area contributed by atoms with Gasteiger partial charge in [-0.1, -0.05) is 11.2 Å². The summed E-state index contributed by atoms with van der Waals surface area (Å²) in [5.74, 6) is -2.97. The van der Waals surface area contributed by atoms with Crippen LogP contribution in [0.1, 0.15) is 16.1 Å². The molecule has 0 atom stereocenters. The molecule has 4 nitrogen and oxygen atoms in total. The lowest BCUT2D eigenvalue weighted by Gasteiger charge is -2.08. The van der Waals surface area contributed by atoms with E-state index in [0.717, 1.165) is 12.1 Å².